The summed E-state index contributed by atoms with van der Waals surface area (Å²) in [6.07, 6.45) is 2.40. The first-order chi connectivity index (χ1) is 8.16. The fourth-order valence-electron chi connectivity index (χ4n) is 2.17. The molecule has 0 aromatic carbocycles. The quantitative estimate of drug-likeness (QED) is 0.907. The third-order valence-corrected chi connectivity index (χ3v) is 3.30. The maximum atomic E-state index is 5.21. The molecule has 1 aliphatic heterocycles. The molecule has 1 saturated heterocycles. The molecule has 0 bridgehead atoms. The topological polar surface area (TPSA) is 54.2 Å². The Balaban J connectivity index is 0.00000162. The van der Waals surface area contributed by atoms with Crippen LogP contribution in [0.25, 0.3) is 0 Å². The third-order valence-electron chi connectivity index (χ3n) is 3.30. The van der Waals surface area contributed by atoms with Gasteiger partial charge in [-0.25, -0.2) is 0 Å². The van der Waals surface area contributed by atoms with Gasteiger partial charge in [0.15, 0.2) is 5.82 Å². The summed E-state index contributed by atoms with van der Waals surface area (Å²) >= 11 is 0. The van der Waals surface area contributed by atoms with Crippen LogP contribution in [-0.4, -0.2) is 41.2 Å². The SMILES string of the molecule is CC(C)c1nc(CN(C)C2CCNCC2)no1.Cl. The Morgan fingerprint density at radius 1 is 1.39 bits per heavy atom. The number of hydrogen-bond donors (Lipinski definition) is 1. The first-order valence-corrected chi connectivity index (χ1v) is 6.40. The Bertz CT molecular complexity index is 350. The zero-order valence-corrected chi connectivity index (χ0v) is 12.2. The van der Waals surface area contributed by atoms with Crippen LogP contribution < -0.4 is 5.32 Å². The number of halogens is 1. The van der Waals surface area contributed by atoms with Crippen LogP contribution in [0.5, 0.6) is 0 Å². The van der Waals surface area contributed by atoms with Crippen molar-refractivity contribution in [2.75, 3.05) is 20.1 Å². The van der Waals surface area contributed by atoms with Gasteiger partial charge in [0, 0.05) is 12.0 Å². The first kappa shape index (κ1) is 15.4. The van der Waals surface area contributed by atoms with E-state index in [1.165, 1.54) is 12.8 Å². The highest BCUT2D eigenvalue weighted by molar-refractivity contribution is 5.85. The maximum absolute atomic E-state index is 5.21. The van der Waals surface area contributed by atoms with Gasteiger partial charge in [-0.15, -0.1) is 12.4 Å². The van der Waals surface area contributed by atoms with Crippen molar-refractivity contribution < 1.29 is 4.52 Å². The summed E-state index contributed by atoms with van der Waals surface area (Å²) in [5.74, 6) is 1.84. The first-order valence-electron chi connectivity index (χ1n) is 6.40. The average molecular weight is 275 g/mol. The van der Waals surface area contributed by atoms with Gasteiger partial charge in [0.2, 0.25) is 5.89 Å². The second-order valence-electron chi connectivity index (χ2n) is 5.10. The van der Waals surface area contributed by atoms with Crippen molar-refractivity contribution in [1.29, 1.82) is 0 Å². The third kappa shape index (κ3) is 3.93. The number of nitrogens with zero attached hydrogens (tertiary/aromatic N) is 3. The molecule has 18 heavy (non-hydrogen) atoms. The van der Waals surface area contributed by atoms with Crippen molar-refractivity contribution in [3.8, 4) is 0 Å². The van der Waals surface area contributed by atoms with Crippen LogP contribution in [0.4, 0.5) is 0 Å². The highest BCUT2D eigenvalue weighted by atomic mass is 35.5. The molecule has 104 valence electrons. The van der Waals surface area contributed by atoms with E-state index in [-0.39, 0.29) is 12.4 Å². The lowest BCUT2D eigenvalue weighted by atomic mass is 10.1. The lowest BCUT2D eigenvalue weighted by Gasteiger charge is -2.30. The van der Waals surface area contributed by atoms with E-state index >= 15 is 0 Å². The number of hydrogen-bond acceptors (Lipinski definition) is 5. The predicted molar refractivity (Wildman–Crippen MR) is 73.0 cm³/mol. The van der Waals surface area contributed by atoms with Gasteiger partial charge in [-0.3, -0.25) is 4.90 Å². The molecule has 1 aliphatic rings. The van der Waals surface area contributed by atoms with Crippen molar-refractivity contribution in [2.24, 2.45) is 0 Å². The van der Waals surface area contributed by atoms with Crippen LogP contribution in [0.3, 0.4) is 0 Å². The second kappa shape index (κ2) is 7.07. The van der Waals surface area contributed by atoms with Gasteiger partial charge < -0.3 is 9.84 Å². The Hall–Kier alpha value is -0.650. The van der Waals surface area contributed by atoms with Gasteiger partial charge >= 0.3 is 0 Å². The summed E-state index contributed by atoms with van der Waals surface area (Å²) in [5, 5.41) is 7.40. The number of aromatic nitrogens is 2. The number of piperidine rings is 1. The molecule has 1 aromatic rings. The molecule has 1 aromatic heterocycles. The molecule has 1 N–H and O–H groups in total. The molecular weight excluding hydrogens is 252 g/mol. The lowest BCUT2D eigenvalue weighted by molar-refractivity contribution is 0.186. The van der Waals surface area contributed by atoms with Crippen molar-refractivity contribution in [3.05, 3.63) is 11.7 Å². The molecule has 2 heterocycles. The summed E-state index contributed by atoms with van der Waals surface area (Å²) in [5.41, 5.74) is 0. The predicted octanol–water partition coefficient (Wildman–Crippen LogP) is 1.80. The van der Waals surface area contributed by atoms with Gasteiger partial charge in [0.1, 0.15) is 0 Å². The largest absolute Gasteiger partial charge is 0.339 e. The molecule has 0 radical (unpaired) electrons. The van der Waals surface area contributed by atoms with Crippen LogP contribution in [0.2, 0.25) is 0 Å². The molecular formula is C12H23ClN4O. The van der Waals surface area contributed by atoms with Gasteiger partial charge in [-0.05, 0) is 33.0 Å². The molecule has 5 nitrogen and oxygen atoms in total. The smallest absolute Gasteiger partial charge is 0.229 e. The van der Waals surface area contributed by atoms with Crippen LogP contribution in [0, 0.1) is 0 Å². The van der Waals surface area contributed by atoms with Crippen LogP contribution >= 0.6 is 12.4 Å². The van der Waals surface area contributed by atoms with Gasteiger partial charge in [0.05, 0.1) is 6.54 Å². The molecule has 0 aliphatic carbocycles. The summed E-state index contributed by atoms with van der Waals surface area (Å²) in [6.45, 7) is 7.12. The van der Waals surface area contributed by atoms with E-state index in [0.717, 1.165) is 31.3 Å². The van der Waals surface area contributed by atoms with Crippen molar-refractivity contribution in [1.82, 2.24) is 20.4 Å². The molecule has 0 spiro atoms. The zero-order chi connectivity index (χ0) is 12.3. The van der Waals surface area contributed by atoms with E-state index in [1.807, 2.05) is 0 Å². The maximum Gasteiger partial charge on any atom is 0.229 e. The van der Waals surface area contributed by atoms with Crippen LogP contribution in [-0.2, 0) is 6.54 Å². The molecule has 6 heteroatoms. The Morgan fingerprint density at radius 3 is 2.61 bits per heavy atom. The van der Waals surface area contributed by atoms with Crippen molar-refractivity contribution in [3.63, 3.8) is 0 Å². The Labute approximate surface area is 115 Å². The molecule has 0 amide bonds. The van der Waals surface area contributed by atoms with E-state index in [9.17, 15) is 0 Å². The average Bonchev–Trinajstić information content (AvgIpc) is 2.79. The Morgan fingerprint density at radius 2 is 2.06 bits per heavy atom. The van der Waals surface area contributed by atoms with Gasteiger partial charge in [-0.1, -0.05) is 19.0 Å². The van der Waals surface area contributed by atoms with Crippen LogP contribution in [0.1, 0.15) is 44.3 Å². The van der Waals surface area contributed by atoms with Crippen molar-refractivity contribution >= 4 is 12.4 Å². The normalized spacial score (nSPS) is 17.2. The number of rotatable bonds is 4. The lowest BCUT2D eigenvalue weighted by Crippen LogP contribution is -2.40. The van der Waals surface area contributed by atoms with E-state index in [1.54, 1.807) is 0 Å². The second-order valence-corrected chi connectivity index (χ2v) is 5.10. The van der Waals surface area contributed by atoms with Gasteiger partial charge in [-0.2, -0.15) is 4.98 Å². The molecule has 1 fully saturated rings. The van der Waals surface area contributed by atoms with Crippen LogP contribution in [0.15, 0.2) is 4.52 Å². The molecule has 0 atom stereocenters. The highest BCUT2D eigenvalue weighted by Crippen LogP contribution is 2.14. The highest BCUT2D eigenvalue weighted by Gasteiger charge is 2.19. The molecule has 2 rings (SSSR count). The summed E-state index contributed by atoms with van der Waals surface area (Å²) in [6, 6.07) is 0.636. The van der Waals surface area contributed by atoms with E-state index < -0.39 is 0 Å². The van der Waals surface area contributed by atoms with E-state index in [4.69, 9.17) is 4.52 Å². The van der Waals surface area contributed by atoms with E-state index in [0.29, 0.717) is 12.0 Å². The standard InChI is InChI=1S/C12H22N4O.ClH/c1-9(2)12-14-11(15-17-12)8-16(3)10-4-6-13-7-5-10;/h9-10,13H,4-8H2,1-3H3;1H. The fraction of sp³-hybridized carbons (Fsp3) is 0.833. The Kier molecular flexibility index (Phi) is 6.05. The molecule has 0 saturated carbocycles. The minimum absolute atomic E-state index is 0. The monoisotopic (exact) mass is 274 g/mol. The zero-order valence-electron chi connectivity index (χ0n) is 11.3. The minimum atomic E-state index is 0. The minimum Gasteiger partial charge on any atom is -0.339 e. The van der Waals surface area contributed by atoms with E-state index in [2.05, 4.69) is 41.3 Å². The van der Waals surface area contributed by atoms with Crippen molar-refractivity contribution in [2.45, 2.75) is 45.2 Å². The summed E-state index contributed by atoms with van der Waals surface area (Å²) < 4.78 is 5.21. The summed E-state index contributed by atoms with van der Waals surface area (Å²) in [4.78, 5) is 6.74. The summed E-state index contributed by atoms with van der Waals surface area (Å²) in [7, 11) is 2.14. The molecule has 0 unspecified atom stereocenters. The number of nitrogens with one attached hydrogen (secondary N) is 1. The van der Waals surface area contributed by atoms with Gasteiger partial charge in [0.25, 0.3) is 0 Å². The fourth-order valence-corrected chi connectivity index (χ4v) is 2.17.